The van der Waals surface area contributed by atoms with Crippen molar-refractivity contribution in [3.05, 3.63) is 0 Å². The van der Waals surface area contributed by atoms with E-state index in [2.05, 4.69) is 18.3 Å². The van der Waals surface area contributed by atoms with E-state index in [1.165, 1.54) is 0 Å². The molecule has 0 aliphatic rings. The molecule has 0 rings (SSSR count). The second kappa shape index (κ2) is 9.02. The van der Waals surface area contributed by atoms with Crippen LogP contribution < -0.4 is 5.32 Å². The van der Waals surface area contributed by atoms with Crippen LogP contribution in [0.25, 0.3) is 0 Å². The van der Waals surface area contributed by atoms with E-state index in [1.807, 2.05) is 18.8 Å². The molecule has 0 aromatic carbocycles. The van der Waals surface area contributed by atoms with Gasteiger partial charge in [0.25, 0.3) is 0 Å². The van der Waals surface area contributed by atoms with Crippen molar-refractivity contribution in [2.24, 2.45) is 0 Å². The number of nitriles is 1. The Bertz CT molecular complexity index is 188. The summed E-state index contributed by atoms with van der Waals surface area (Å²) in [7, 11) is 3.59. The molecule has 0 amide bonds. The van der Waals surface area contributed by atoms with Crippen molar-refractivity contribution in [1.82, 2.24) is 5.32 Å². The summed E-state index contributed by atoms with van der Waals surface area (Å²) in [6.07, 6.45) is 2.87. The average molecular weight is 230 g/mol. The van der Waals surface area contributed by atoms with E-state index < -0.39 is 0 Å². The van der Waals surface area contributed by atoms with Gasteiger partial charge in [0.1, 0.15) is 5.54 Å². The molecule has 1 N–H and O–H groups in total. The molecule has 0 aliphatic heterocycles. The van der Waals surface area contributed by atoms with Crippen LogP contribution in [0.15, 0.2) is 0 Å². The highest BCUT2D eigenvalue weighted by Gasteiger charge is 2.24. The summed E-state index contributed by atoms with van der Waals surface area (Å²) in [5.41, 5.74) is -0.318. The number of methoxy groups -OCH3 is 1. The zero-order chi connectivity index (χ0) is 11.6. The number of nitrogens with zero attached hydrogens (tertiary/aromatic N) is 1. The van der Waals surface area contributed by atoms with Gasteiger partial charge in [0.2, 0.25) is 0 Å². The Morgan fingerprint density at radius 3 is 2.67 bits per heavy atom. The van der Waals surface area contributed by atoms with Gasteiger partial charge in [0.15, 0.2) is 0 Å². The van der Waals surface area contributed by atoms with Crippen molar-refractivity contribution in [1.29, 1.82) is 5.26 Å². The van der Waals surface area contributed by atoms with Crippen LogP contribution in [0.5, 0.6) is 0 Å². The maximum absolute atomic E-state index is 9.08. The molecular formula is C11H22N2OS. The van der Waals surface area contributed by atoms with Gasteiger partial charge in [0, 0.05) is 12.9 Å². The van der Waals surface area contributed by atoms with Gasteiger partial charge in [-0.05, 0) is 32.1 Å². The van der Waals surface area contributed by atoms with Crippen molar-refractivity contribution in [3.8, 4) is 6.07 Å². The first kappa shape index (κ1) is 14.8. The molecule has 0 saturated heterocycles. The highest BCUT2D eigenvalue weighted by Crippen LogP contribution is 2.17. The molecule has 0 saturated carbocycles. The Kier molecular flexibility index (Phi) is 8.88. The summed E-state index contributed by atoms with van der Waals surface area (Å²) in [6, 6.07) is 2.37. The lowest BCUT2D eigenvalue weighted by atomic mass is 9.93. The van der Waals surface area contributed by atoms with E-state index in [1.54, 1.807) is 7.11 Å². The Balaban J connectivity index is 3.60. The SMILES string of the molecule is CCC(C#N)(CCCSCCOC)NC. The molecule has 0 radical (unpaired) electrons. The number of hydrogen-bond acceptors (Lipinski definition) is 4. The summed E-state index contributed by atoms with van der Waals surface area (Å²) in [6.45, 7) is 2.87. The minimum atomic E-state index is -0.318. The molecule has 4 heteroatoms. The number of ether oxygens (including phenoxy) is 1. The maximum atomic E-state index is 9.08. The Labute approximate surface area is 97.6 Å². The first-order valence-electron chi connectivity index (χ1n) is 5.41. The highest BCUT2D eigenvalue weighted by molar-refractivity contribution is 7.99. The standard InChI is InChI=1S/C11H22N2OS/c1-4-11(10-12,13-2)6-5-8-15-9-7-14-3/h13H,4-9H2,1-3H3. The topological polar surface area (TPSA) is 45.0 Å². The fourth-order valence-electron chi connectivity index (χ4n) is 1.39. The molecule has 1 atom stereocenters. The lowest BCUT2D eigenvalue weighted by Gasteiger charge is -2.24. The number of rotatable bonds is 9. The van der Waals surface area contributed by atoms with Crippen molar-refractivity contribution in [2.45, 2.75) is 31.7 Å². The highest BCUT2D eigenvalue weighted by atomic mass is 32.2. The van der Waals surface area contributed by atoms with Crippen molar-refractivity contribution in [2.75, 3.05) is 32.3 Å². The Morgan fingerprint density at radius 1 is 1.47 bits per heavy atom. The predicted molar refractivity (Wildman–Crippen MR) is 66.1 cm³/mol. The lowest BCUT2D eigenvalue weighted by molar-refractivity contribution is 0.218. The lowest BCUT2D eigenvalue weighted by Crippen LogP contribution is -2.40. The Hall–Kier alpha value is -0.240. The zero-order valence-electron chi connectivity index (χ0n) is 10.0. The molecule has 0 bridgehead atoms. The molecule has 0 aromatic rings. The van der Waals surface area contributed by atoms with Gasteiger partial charge < -0.3 is 10.1 Å². The molecular weight excluding hydrogens is 208 g/mol. The second-order valence-corrected chi connectivity index (χ2v) is 4.73. The van der Waals surface area contributed by atoms with Gasteiger partial charge in [-0.15, -0.1) is 0 Å². The van der Waals surface area contributed by atoms with Crippen LogP contribution in [0, 0.1) is 11.3 Å². The summed E-state index contributed by atoms with van der Waals surface area (Å²) in [5, 5.41) is 12.2. The van der Waals surface area contributed by atoms with Crippen LogP contribution >= 0.6 is 11.8 Å². The van der Waals surface area contributed by atoms with Crippen LogP contribution in [0.4, 0.5) is 0 Å². The zero-order valence-corrected chi connectivity index (χ0v) is 10.8. The number of nitrogens with one attached hydrogen (secondary N) is 1. The summed E-state index contributed by atoms with van der Waals surface area (Å²) in [4.78, 5) is 0. The van der Waals surface area contributed by atoms with Gasteiger partial charge in [-0.3, -0.25) is 0 Å². The van der Waals surface area contributed by atoms with Crippen LogP contribution in [0.2, 0.25) is 0 Å². The van der Waals surface area contributed by atoms with Crippen molar-refractivity contribution in [3.63, 3.8) is 0 Å². The fourth-order valence-corrected chi connectivity index (χ4v) is 2.23. The van der Waals surface area contributed by atoms with E-state index in [4.69, 9.17) is 10.00 Å². The maximum Gasteiger partial charge on any atom is 0.106 e. The summed E-state index contributed by atoms with van der Waals surface area (Å²) < 4.78 is 4.97. The number of thioether (sulfide) groups is 1. The third-order valence-electron chi connectivity index (χ3n) is 2.62. The molecule has 88 valence electrons. The van der Waals surface area contributed by atoms with Gasteiger partial charge in [0.05, 0.1) is 12.7 Å². The third-order valence-corrected chi connectivity index (χ3v) is 3.65. The number of hydrogen-bond donors (Lipinski definition) is 1. The van der Waals surface area contributed by atoms with Crippen molar-refractivity contribution < 1.29 is 4.74 Å². The molecule has 15 heavy (non-hydrogen) atoms. The van der Waals surface area contributed by atoms with Crippen LogP contribution in [-0.2, 0) is 4.74 Å². The predicted octanol–water partition coefficient (Wildman–Crippen LogP) is 2.04. The Morgan fingerprint density at radius 2 is 2.20 bits per heavy atom. The summed E-state index contributed by atoms with van der Waals surface area (Å²) in [5.74, 6) is 2.15. The first-order chi connectivity index (χ1) is 7.24. The second-order valence-electron chi connectivity index (χ2n) is 3.51. The first-order valence-corrected chi connectivity index (χ1v) is 6.57. The van der Waals surface area contributed by atoms with Crippen LogP contribution in [0.3, 0.4) is 0 Å². The van der Waals surface area contributed by atoms with Gasteiger partial charge >= 0.3 is 0 Å². The van der Waals surface area contributed by atoms with Gasteiger partial charge in [-0.1, -0.05) is 6.92 Å². The van der Waals surface area contributed by atoms with E-state index >= 15 is 0 Å². The normalized spacial score (nSPS) is 14.5. The molecule has 1 unspecified atom stereocenters. The average Bonchev–Trinajstić information content (AvgIpc) is 2.29. The quantitative estimate of drug-likeness (QED) is 0.616. The smallest absolute Gasteiger partial charge is 0.106 e. The van der Waals surface area contributed by atoms with E-state index in [0.717, 1.165) is 37.4 Å². The monoisotopic (exact) mass is 230 g/mol. The molecule has 0 spiro atoms. The van der Waals surface area contributed by atoms with E-state index in [-0.39, 0.29) is 5.54 Å². The van der Waals surface area contributed by atoms with Gasteiger partial charge in [-0.25, -0.2) is 0 Å². The molecule has 0 heterocycles. The van der Waals surface area contributed by atoms with E-state index in [0.29, 0.717) is 0 Å². The molecule has 3 nitrogen and oxygen atoms in total. The van der Waals surface area contributed by atoms with E-state index in [9.17, 15) is 0 Å². The minimum absolute atomic E-state index is 0.318. The molecule has 0 aliphatic carbocycles. The summed E-state index contributed by atoms with van der Waals surface area (Å²) >= 11 is 1.89. The van der Waals surface area contributed by atoms with Gasteiger partial charge in [-0.2, -0.15) is 17.0 Å². The fraction of sp³-hybridized carbons (Fsp3) is 0.909. The van der Waals surface area contributed by atoms with Crippen LogP contribution in [-0.4, -0.2) is 37.8 Å². The third kappa shape index (κ3) is 6.03. The molecule has 0 aromatic heterocycles. The largest absolute Gasteiger partial charge is 0.384 e. The van der Waals surface area contributed by atoms with Crippen LogP contribution in [0.1, 0.15) is 26.2 Å². The van der Waals surface area contributed by atoms with Crippen molar-refractivity contribution >= 4 is 11.8 Å². The molecule has 0 fully saturated rings. The minimum Gasteiger partial charge on any atom is -0.384 e.